The van der Waals surface area contributed by atoms with E-state index in [0.29, 0.717) is 0 Å². The van der Waals surface area contributed by atoms with Gasteiger partial charge in [-0.05, 0) is 37.8 Å². The molecule has 4 heteroatoms. The predicted octanol–water partition coefficient (Wildman–Crippen LogP) is 4.19. The average Bonchev–Trinajstić information content (AvgIpc) is 2.71. The van der Waals surface area contributed by atoms with Gasteiger partial charge in [0.25, 0.3) is 5.91 Å². The van der Waals surface area contributed by atoms with Crippen molar-refractivity contribution >= 4 is 43.3 Å². The van der Waals surface area contributed by atoms with Crippen molar-refractivity contribution in [3.05, 3.63) is 35.2 Å². The molecule has 1 N–H and O–H groups in total. The second kappa shape index (κ2) is 5.41. The van der Waals surface area contributed by atoms with Crippen molar-refractivity contribution in [1.29, 1.82) is 0 Å². The number of thiophene rings is 1. The number of hydrogen-bond acceptors (Lipinski definition) is 2. The minimum Gasteiger partial charge on any atom is -0.346 e. The average molecular weight is 326 g/mol. The Morgan fingerprint density at radius 3 is 2.78 bits per heavy atom. The summed E-state index contributed by atoms with van der Waals surface area (Å²) in [4.78, 5) is 13.0. The van der Waals surface area contributed by atoms with Crippen molar-refractivity contribution in [2.75, 3.05) is 5.33 Å². The van der Waals surface area contributed by atoms with Crippen molar-refractivity contribution in [3.8, 4) is 0 Å². The lowest BCUT2D eigenvalue weighted by molar-refractivity contribution is 0.0916. The summed E-state index contributed by atoms with van der Waals surface area (Å²) in [5.74, 6) is 0.0159. The highest BCUT2D eigenvalue weighted by Gasteiger charge is 2.21. The molecule has 2 aromatic rings. The molecule has 0 bridgehead atoms. The van der Waals surface area contributed by atoms with Crippen LogP contribution in [0.1, 0.15) is 29.9 Å². The first-order chi connectivity index (χ1) is 8.52. The number of benzene rings is 1. The molecule has 1 aromatic carbocycles. The topological polar surface area (TPSA) is 29.1 Å². The molecule has 0 unspecified atom stereocenters. The van der Waals surface area contributed by atoms with Gasteiger partial charge in [0, 0.05) is 15.6 Å². The Morgan fingerprint density at radius 2 is 2.11 bits per heavy atom. The van der Waals surface area contributed by atoms with Gasteiger partial charge in [-0.1, -0.05) is 34.1 Å². The summed E-state index contributed by atoms with van der Waals surface area (Å²) in [5, 5.41) is 5.09. The van der Waals surface area contributed by atoms with Crippen LogP contribution in [-0.4, -0.2) is 16.8 Å². The van der Waals surface area contributed by atoms with Crippen LogP contribution >= 0.6 is 27.3 Å². The Hall–Kier alpha value is -0.870. The van der Waals surface area contributed by atoms with Crippen LogP contribution < -0.4 is 5.32 Å². The highest BCUT2D eigenvalue weighted by atomic mass is 79.9. The first-order valence-corrected chi connectivity index (χ1v) is 7.83. The minimum atomic E-state index is -0.184. The Bertz CT molecular complexity index is 529. The SMILES string of the molecule is CC(C)(CCBr)NC(=O)c1cc2ccccc2s1. The third kappa shape index (κ3) is 3.12. The van der Waals surface area contributed by atoms with E-state index < -0.39 is 0 Å². The molecule has 96 valence electrons. The molecule has 1 amide bonds. The molecule has 0 saturated carbocycles. The Morgan fingerprint density at radius 1 is 1.39 bits per heavy atom. The zero-order valence-electron chi connectivity index (χ0n) is 10.5. The highest BCUT2D eigenvalue weighted by molar-refractivity contribution is 9.09. The van der Waals surface area contributed by atoms with Gasteiger partial charge in [0.05, 0.1) is 4.88 Å². The van der Waals surface area contributed by atoms with Gasteiger partial charge in [0.2, 0.25) is 0 Å². The molecular formula is C14H16BrNOS. The summed E-state index contributed by atoms with van der Waals surface area (Å²) in [7, 11) is 0. The van der Waals surface area contributed by atoms with Gasteiger partial charge in [0.15, 0.2) is 0 Å². The lowest BCUT2D eigenvalue weighted by Gasteiger charge is -2.24. The van der Waals surface area contributed by atoms with Gasteiger partial charge in [-0.15, -0.1) is 11.3 Å². The summed E-state index contributed by atoms with van der Waals surface area (Å²) >= 11 is 4.95. The molecule has 0 saturated heterocycles. The first-order valence-electron chi connectivity index (χ1n) is 5.89. The van der Waals surface area contributed by atoms with Crippen molar-refractivity contribution in [2.45, 2.75) is 25.8 Å². The summed E-state index contributed by atoms with van der Waals surface area (Å²) in [6.45, 7) is 4.08. The number of amides is 1. The standard InChI is InChI=1S/C14H16BrNOS/c1-14(2,7-8-15)16-13(17)12-9-10-5-3-4-6-11(10)18-12/h3-6,9H,7-8H2,1-2H3,(H,16,17). The van der Waals surface area contributed by atoms with Crippen LogP contribution in [0.4, 0.5) is 0 Å². The minimum absolute atomic E-state index is 0.0159. The van der Waals surface area contributed by atoms with E-state index in [1.807, 2.05) is 44.2 Å². The molecular weight excluding hydrogens is 310 g/mol. The monoisotopic (exact) mass is 325 g/mol. The van der Waals surface area contributed by atoms with Crippen LogP contribution in [0.15, 0.2) is 30.3 Å². The number of hydrogen-bond donors (Lipinski definition) is 1. The van der Waals surface area contributed by atoms with E-state index in [2.05, 4.69) is 21.2 Å². The number of carbonyl (C=O) groups is 1. The predicted molar refractivity (Wildman–Crippen MR) is 81.8 cm³/mol. The maximum absolute atomic E-state index is 12.2. The molecule has 1 heterocycles. The molecule has 0 radical (unpaired) electrons. The van der Waals surface area contributed by atoms with Crippen molar-refractivity contribution < 1.29 is 4.79 Å². The van der Waals surface area contributed by atoms with Crippen molar-refractivity contribution in [1.82, 2.24) is 5.32 Å². The quantitative estimate of drug-likeness (QED) is 0.839. The fourth-order valence-corrected chi connectivity index (χ4v) is 3.71. The lowest BCUT2D eigenvalue weighted by Crippen LogP contribution is -2.43. The molecule has 2 rings (SSSR count). The van der Waals surface area contributed by atoms with Crippen LogP contribution in [-0.2, 0) is 0 Å². The molecule has 0 atom stereocenters. The molecule has 1 aromatic heterocycles. The van der Waals surface area contributed by atoms with Gasteiger partial charge in [-0.3, -0.25) is 4.79 Å². The van der Waals surface area contributed by atoms with E-state index in [9.17, 15) is 4.79 Å². The second-order valence-corrected chi connectivity index (χ2v) is 6.80. The fourth-order valence-electron chi connectivity index (χ4n) is 1.76. The maximum atomic E-state index is 12.2. The molecule has 2 nitrogen and oxygen atoms in total. The van der Waals surface area contributed by atoms with Gasteiger partial charge in [0.1, 0.15) is 0 Å². The number of alkyl halides is 1. The summed E-state index contributed by atoms with van der Waals surface area (Å²) in [6, 6.07) is 10.0. The molecule has 0 aliphatic carbocycles. The van der Waals surface area contributed by atoms with E-state index in [1.165, 1.54) is 0 Å². The van der Waals surface area contributed by atoms with Crippen LogP contribution in [0.2, 0.25) is 0 Å². The fraction of sp³-hybridized carbons (Fsp3) is 0.357. The number of nitrogens with one attached hydrogen (secondary N) is 1. The summed E-state index contributed by atoms with van der Waals surface area (Å²) in [6.07, 6.45) is 0.906. The Labute approximate surface area is 120 Å². The van der Waals surface area contributed by atoms with E-state index in [0.717, 1.165) is 26.7 Å². The Kier molecular flexibility index (Phi) is 4.07. The summed E-state index contributed by atoms with van der Waals surface area (Å²) < 4.78 is 1.15. The van der Waals surface area contributed by atoms with Gasteiger partial charge in [-0.2, -0.15) is 0 Å². The van der Waals surface area contributed by atoms with E-state index >= 15 is 0 Å². The number of carbonyl (C=O) groups excluding carboxylic acids is 1. The third-order valence-electron chi connectivity index (χ3n) is 2.82. The highest BCUT2D eigenvalue weighted by Crippen LogP contribution is 2.25. The second-order valence-electron chi connectivity index (χ2n) is 4.93. The molecule has 0 aliphatic rings. The Balaban J connectivity index is 2.18. The molecule has 18 heavy (non-hydrogen) atoms. The van der Waals surface area contributed by atoms with Crippen molar-refractivity contribution in [3.63, 3.8) is 0 Å². The van der Waals surface area contributed by atoms with E-state index in [-0.39, 0.29) is 11.4 Å². The molecule has 0 spiro atoms. The number of rotatable bonds is 4. The first kappa shape index (κ1) is 13.6. The maximum Gasteiger partial charge on any atom is 0.261 e. The van der Waals surface area contributed by atoms with Gasteiger partial charge < -0.3 is 5.32 Å². The van der Waals surface area contributed by atoms with Crippen LogP contribution in [0.25, 0.3) is 10.1 Å². The van der Waals surface area contributed by atoms with E-state index in [1.54, 1.807) is 11.3 Å². The smallest absolute Gasteiger partial charge is 0.261 e. The lowest BCUT2D eigenvalue weighted by atomic mass is 10.0. The molecule has 0 aliphatic heterocycles. The van der Waals surface area contributed by atoms with Gasteiger partial charge >= 0.3 is 0 Å². The van der Waals surface area contributed by atoms with Crippen molar-refractivity contribution in [2.24, 2.45) is 0 Å². The largest absolute Gasteiger partial charge is 0.346 e. The van der Waals surface area contributed by atoms with E-state index in [4.69, 9.17) is 0 Å². The third-order valence-corrected chi connectivity index (χ3v) is 4.33. The number of fused-ring (bicyclic) bond motifs is 1. The van der Waals surface area contributed by atoms with Crippen LogP contribution in [0.3, 0.4) is 0 Å². The van der Waals surface area contributed by atoms with Crippen LogP contribution in [0.5, 0.6) is 0 Å². The molecule has 0 fully saturated rings. The number of halogens is 1. The zero-order chi connectivity index (χ0) is 13.2. The van der Waals surface area contributed by atoms with Gasteiger partial charge in [-0.25, -0.2) is 0 Å². The van der Waals surface area contributed by atoms with Crippen LogP contribution in [0, 0.1) is 0 Å². The zero-order valence-corrected chi connectivity index (χ0v) is 12.9. The summed E-state index contributed by atoms with van der Waals surface area (Å²) in [5.41, 5.74) is -0.184. The normalized spacial score (nSPS) is 11.7.